The average Bonchev–Trinajstić information content (AvgIpc) is 4.34. The van der Waals surface area contributed by atoms with Crippen LogP contribution in [0.4, 0.5) is 68.2 Å². The van der Waals surface area contributed by atoms with Crippen LogP contribution in [0.2, 0.25) is 0 Å². The molecule has 16 nitrogen and oxygen atoms in total. The molecule has 5 aromatic carbocycles. The Morgan fingerprint density at radius 1 is 0.329 bits per heavy atom. The van der Waals surface area contributed by atoms with Crippen molar-refractivity contribution in [2.24, 2.45) is 0 Å². The Balaban J connectivity index is 0.879. The first-order chi connectivity index (χ1) is 37.3. The maximum Gasteiger partial charge on any atom is 0.265 e. The molecule has 0 amide bonds. The molecular formula is C58H44B2N12O4. The van der Waals surface area contributed by atoms with Gasteiger partial charge in [0.15, 0.2) is 23.0 Å². The van der Waals surface area contributed by atoms with Crippen molar-refractivity contribution in [1.82, 2.24) is 19.9 Å². The van der Waals surface area contributed by atoms with Crippen LogP contribution >= 0.6 is 0 Å². The van der Waals surface area contributed by atoms with Crippen molar-refractivity contribution in [3.63, 3.8) is 0 Å². The lowest BCUT2D eigenvalue weighted by atomic mass is 9.32. The van der Waals surface area contributed by atoms with Crippen LogP contribution in [0.3, 0.4) is 0 Å². The number of pyridine rings is 4. The molecule has 0 fully saturated rings. The molecule has 0 N–H and O–H groups in total. The van der Waals surface area contributed by atoms with Gasteiger partial charge in [-0.25, -0.2) is 19.9 Å². The Kier molecular flexibility index (Phi) is 8.28. The van der Waals surface area contributed by atoms with Crippen LogP contribution in [0.1, 0.15) is 0 Å². The molecule has 0 atom stereocenters. The van der Waals surface area contributed by atoms with Gasteiger partial charge in [0.25, 0.3) is 13.4 Å². The van der Waals surface area contributed by atoms with Gasteiger partial charge in [-0.05, 0) is 94.6 Å². The van der Waals surface area contributed by atoms with E-state index in [1.165, 1.54) is 0 Å². The lowest BCUT2D eigenvalue weighted by Gasteiger charge is -2.39. The first-order valence-corrected chi connectivity index (χ1v) is 25.6. The van der Waals surface area contributed by atoms with E-state index in [2.05, 4.69) is 189 Å². The summed E-state index contributed by atoms with van der Waals surface area (Å²) in [5.41, 5.74) is 17.8. The Morgan fingerprint density at radius 2 is 0.553 bits per heavy atom. The first-order valence-electron chi connectivity index (χ1n) is 25.6. The molecule has 18 heteroatoms. The van der Waals surface area contributed by atoms with Gasteiger partial charge in [-0.1, -0.05) is 48.5 Å². The molecule has 4 aromatic heterocycles. The molecule has 0 spiro atoms. The summed E-state index contributed by atoms with van der Waals surface area (Å²) in [6.07, 6.45) is 7.64. The van der Waals surface area contributed by atoms with Gasteiger partial charge < -0.3 is 58.1 Å². The summed E-state index contributed by atoms with van der Waals surface area (Å²) in [6.45, 7) is 1.69. The molecule has 8 aliphatic rings. The van der Waals surface area contributed by atoms with Gasteiger partial charge in [-0.3, -0.25) is 0 Å². The normalized spacial score (nSPS) is 16.1. The molecule has 17 rings (SSSR count). The van der Waals surface area contributed by atoms with Crippen molar-refractivity contribution in [3.8, 4) is 46.5 Å². The van der Waals surface area contributed by atoms with E-state index in [1.807, 2.05) is 24.8 Å². The first kappa shape index (κ1) is 41.9. The van der Waals surface area contributed by atoms with Crippen LogP contribution in [0.5, 0.6) is 46.5 Å². The molecule has 0 aliphatic carbocycles. The second-order valence-corrected chi connectivity index (χ2v) is 20.8. The largest absolute Gasteiger partial charge is 0.436 e. The number of fused-ring (bicyclic) bond motifs is 14. The Labute approximate surface area is 438 Å². The minimum absolute atomic E-state index is 0.469. The van der Waals surface area contributed by atoms with Crippen LogP contribution in [0.25, 0.3) is 0 Å². The maximum absolute atomic E-state index is 7.21. The van der Waals surface area contributed by atoms with Gasteiger partial charge in [0, 0.05) is 39.1 Å². The molecule has 0 radical (unpaired) electrons. The molecule has 0 saturated heterocycles. The summed E-state index contributed by atoms with van der Waals surface area (Å²) in [5.74, 6) is 3.89. The van der Waals surface area contributed by atoms with Crippen molar-refractivity contribution in [1.29, 1.82) is 0 Å². The van der Waals surface area contributed by atoms with Crippen LogP contribution in [0, 0.1) is 0 Å². The zero-order valence-electron chi connectivity index (χ0n) is 41.8. The fourth-order valence-electron chi connectivity index (χ4n) is 13.0. The highest BCUT2D eigenvalue weighted by atomic mass is 16.5. The SMILES string of the molecule is CN1CN(c2cnc3c(c2)B2c4cc(N5CN(C)c6ccccc65)cnc4Oc4c5c6c(c(c42)O3)Oc2ncc(N3CN(C)c4ccccc43)cc2B6c2cc(N3CN(C)c4ccccc43)cnc2O5)c2ccccc21. The highest BCUT2D eigenvalue weighted by Gasteiger charge is 2.52. The third-order valence-corrected chi connectivity index (χ3v) is 16.5. The monoisotopic (exact) mass is 994 g/mol. The number of aromatic nitrogens is 4. The number of benzene rings is 5. The van der Waals surface area contributed by atoms with Crippen LogP contribution in [-0.2, 0) is 0 Å². The predicted octanol–water partition coefficient (Wildman–Crippen LogP) is 6.90. The number of hydrogen-bond acceptors (Lipinski definition) is 16. The van der Waals surface area contributed by atoms with Gasteiger partial charge in [0.2, 0.25) is 23.5 Å². The predicted molar refractivity (Wildman–Crippen MR) is 300 cm³/mol. The van der Waals surface area contributed by atoms with Gasteiger partial charge in [-0.15, -0.1) is 0 Å². The minimum atomic E-state index is -0.469. The van der Waals surface area contributed by atoms with Crippen LogP contribution in [0.15, 0.2) is 146 Å². The lowest BCUT2D eigenvalue weighted by Crippen LogP contribution is -2.62. The fourth-order valence-corrected chi connectivity index (χ4v) is 13.0. The molecule has 0 unspecified atom stereocenters. The topological polar surface area (TPSA) is 114 Å². The standard InChI is InChI=1S/C58H44B2N12O4/c1-65-29-69(45-17-9-5-13-41(45)65)33-21-37-55(61-25-33)73-51-49-52(74-56-38(59(37)49)22-34(26-62-56)70-30-66(2)42-14-6-10-18-46(42)70)54-50-53(51)75-57-39(23-35(27-63-57)71-31-67(3)43-15-7-11-19-47(43)71)60(50)40-24-36(28-64-58(40)76-54)72-32-68(4)44-16-8-12-20-48(44)72/h5-28H,29-32H2,1-4H3. The zero-order chi connectivity index (χ0) is 50.2. The lowest BCUT2D eigenvalue weighted by molar-refractivity contribution is 0.381. The van der Waals surface area contributed by atoms with E-state index < -0.39 is 13.4 Å². The summed E-state index contributed by atoms with van der Waals surface area (Å²) in [5, 5.41) is 0. The second-order valence-electron chi connectivity index (χ2n) is 20.8. The summed E-state index contributed by atoms with van der Waals surface area (Å²) < 4.78 is 28.9. The van der Waals surface area contributed by atoms with E-state index in [4.69, 9.17) is 38.9 Å². The van der Waals surface area contributed by atoms with Crippen LogP contribution < -0.4 is 90.9 Å². The van der Waals surface area contributed by atoms with E-state index in [0.29, 0.717) is 73.2 Å². The van der Waals surface area contributed by atoms with Gasteiger partial charge >= 0.3 is 0 Å². The van der Waals surface area contributed by atoms with Crippen molar-refractivity contribution in [3.05, 3.63) is 146 Å². The van der Waals surface area contributed by atoms with E-state index in [-0.39, 0.29) is 0 Å². The van der Waals surface area contributed by atoms with E-state index >= 15 is 0 Å². The quantitative estimate of drug-likeness (QED) is 0.170. The summed E-state index contributed by atoms with van der Waals surface area (Å²) in [4.78, 5) is 39.0. The Bertz CT molecular complexity index is 3540. The van der Waals surface area contributed by atoms with Crippen molar-refractivity contribution >= 4 is 114 Å². The fraction of sp³-hybridized carbons (Fsp3) is 0.138. The number of rotatable bonds is 4. The van der Waals surface area contributed by atoms with Gasteiger partial charge in [0.05, 0.1) is 120 Å². The number of anilines is 12. The molecule has 0 saturated carbocycles. The third-order valence-electron chi connectivity index (χ3n) is 16.5. The van der Waals surface area contributed by atoms with Gasteiger partial charge in [-0.2, -0.15) is 0 Å². The molecule has 366 valence electrons. The Hall–Kier alpha value is -9.57. The zero-order valence-corrected chi connectivity index (χ0v) is 41.8. The average molecular weight is 995 g/mol. The summed E-state index contributed by atoms with van der Waals surface area (Å²) >= 11 is 0. The van der Waals surface area contributed by atoms with Crippen LogP contribution in [-0.4, -0.2) is 88.2 Å². The van der Waals surface area contributed by atoms with Crippen molar-refractivity contribution < 1.29 is 18.9 Å². The van der Waals surface area contributed by atoms with E-state index in [1.54, 1.807) is 0 Å². The van der Waals surface area contributed by atoms with E-state index in [0.717, 1.165) is 101 Å². The summed E-state index contributed by atoms with van der Waals surface area (Å²) in [6, 6.07) is 42.7. The molecular weight excluding hydrogens is 950 g/mol. The maximum atomic E-state index is 7.21. The third kappa shape index (κ3) is 5.64. The minimum Gasteiger partial charge on any atom is -0.436 e. The van der Waals surface area contributed by atoms with Gasteiger partial charge in [0.1, 0.15) is 0 Å². The molecule has 0 bridgehead atoms. The smallest absolute Gasteiger partial charge is 0.265 e. The molecule has 9 aromatic rings. The second kappa shape index (κ2) is 15.0. The molecule has 76 heavy (non-hydrogen) atoms. The Morgan fingerprint density at radius 3 is 0.789 bits per heavy atom. The number of nitrogens with zero attached hydrogens (tertiary/aromatic N) is 12. The van der Waals surface area contributed by atoms with E-state index in [9.17, 15) is 0 Å². The number of hydrogen-bond donors (Lipinski definition) is 0. The highest BCUT2D eigenvalue weighted by molar-refractivity contribution is 7.00. The molecule has 12 heterocycles. The van der Waals surface area contributed by atoms with Crippen molar-refractivity contribution in [2.45, 2.75) is 0 Å². The highest BCUT2D eigenvalue weighted by Crippen LogP contribution is 2.51. The van der Waals surface area contributed by atoms with Crippen molar-refractivity contribution in [2.75, 3.05) is 94.1 Å². The number of para-hydroxylation sites is 8. The summed E-state index contributed by atoms with van der Waals surface area (Å²) in [7, 11) is 8.46. The number of ether oxygens (including phenoxy) is 4. The molecule has 8 aliphatic heterocycles.